The first kappa shape index (κ1) is 42.0. The summed E-state index contributed by atoms with van der Waals surface area (Å²) in [5.74, 6) is -0.741. The highest BCUT2D eigenvalue weighted by Gasteiger charge is 2.50. The summed E-state index contributed by atoms with van der Waals surface area (Å²) in [5.41, 5.74) is -2.18. The fourth-order valence-corrected chi connectivity index (χ4v) is 8.29. The van der Waals surface area contributed by atoms with E-state index in [9.17, 15) is 32.4 Å². The van der Waals surface area contributed by atoms with Crippen LogP contribution in [-0.2, 0) is 29.0 Å². The summed E-state index contributed by atoms with van der Waals surface area (Å²) < 4.78 is 25.6. The van der Waals surface area contributed by atoms with Crippen molar-refractivity contribution in [3.63, 3.8) is 0 Å². The van der Waals surface area contributed by atoms with Crippen LogP contribution >= 0.6 is 0 Å². The fourth-order valence-electron chi connectivity index (χ4n) is 6.77. The van der Waals surface area contributed by atoms with Crippen LogP contribution in [0.4, 0.5) is 4.79 Å². The van der Waals surface area contributed by atoms with Gasteiger partial charge in [0, 0.05) is 19.5 Å². The Kier molecular flexibility index (Phi) is 13.9. The average Bonchev–Trinajstić information content (AvgIpc) is 3.43. The van der Waals surface area contributed by atoms with Crippen molar-refractivity contribution in [1.29, 1.82) is 0 Å². The first-order chi connectivity index (χ1) is 22.4. The highest BCUT2D eigenvalue weighted by atomic mass is 32.2. The lowest BCUT2D eigenvalue weighted by atomic mass is 9.75. The molecule has 4 atom stereocenters. The highest BCUT2D eigenvalue weighted by Crippen LogP contribution is 2.40. The zero-order valence-corrected chi connectivity index (χ0v) is 32.2. The summed E-state index contributed by atoms with van der Waals surface area (Å²) >= 11 is 0. The third kappa shape index (κ3) is 10.9. The molecule has 2 aliphatic rings. The summed E-state index contributed by atoms with van der Waals surface area (Å²) in [6.07, 6.45) is 9.63. The summed E-state index contributed by atoms with van der Waals surface area (Å²) in [5, 5.41) is 11.1. The molecule has 2 unspecified atom stereocenters. The molecule has 0 radical (unpaired) electrons. The molecule has 12 nitrogen and oxygen atoms in total. The maximum atomic E-state index is 14.5. The molecule has 2 fully saturated rings. The molecule has 1 aliphatic carbocycles. The van der Waals surface area contributed by atoms with Crippen LogP contribution in [0.15, 0.2) is 0 Å². The number of likely N-dealkylation sites (tertiary alicyclic amines) is 1. The van der Waals surface area contributed by atoms with E-state index in [-0.39, 0.29) is 37.6 Å². The van der Waals surface area contributed by atoms with E-state index in [1.807, 2.05) is 41.5 Å². The number of nitrogens with one attached hydrogen (secondary N) is 4. The van der Waals surface area contributed by atoms with Crippen molar-refractivity contribution in [2.45, 2.75) is 149 Å². The lowest BCUT2D eigenvalue weighted by molar-refractivity contribution is -0.145. The van der Waals surface area contributed by atoms with Gasteiger partial charge in [-0.1, -0.05) is 60.8 Å². The van der Waals surface area contributed by atoms with Crippen molar-refractivity contribution in [2.75, 3.05) is 18.8 Å². The normalized spacial score (nSPS) is 21.1. The summed E-state index contributed by atoms with van der Waals surface area (Å²) in [4.78, 5) is 69.2. The van der Waals surface area contributed by atoms with Crippen molar-refractivity contribution in [2.24, 2.45) is 16.7 Å². The number of hydrogen-bond donors (Lipinski definition) is 4. The van der Waals surface area contributed by atoms with Gasteiger partial charge in [-0.25, -0.2) is 13.2 Å². The number of hydrogen-bond acceptors (Lipinski definition) is 7. The molecule has 0 aromatic carbocycles. The van der Waals surface area contributed by atoms with E-state index >= 15 is 0 Å². The van der Waals surface area contributed by atoms with E-state index in [4.69, 9.17) is 6.42 Å². The van der Waals surface area contributed by atoms with E-state index in [0.717, 1.165) is 19.3 Å². The van der Waals surface area contributed by atoms with Gasteiger partial charge in [-0.3, -0.25) is 19.2 Å². The summed E-state index contributed by atoms with van der Waals surface area (Å²) in [6, 6.07) is -3.88. The lowest BCUT2D eigenvalue weighted by Gasteiger charge is -2.41. The largest absolute Gasteiger partial charge is 0.350 e. The summed E-state index contributed by atoms with van der Waals surface area (Å²) in [6.45, 7) is 18.4. The van der Waals surface area contributed by atoms with Crippen LogP contribution in [-0.4, -0.2) is 90.1 Å². The standard InChI is InChI=1S/C36H61N5O7S/c1-12-14-18-25(27(42)30(44)37-13-2)38-29(43)26-24(33(3,4)5)19-22-41(26)31(45)28(34(6,7)8)39-32(46)40-36(20-16-15-17-21-36)23-49(47,48)35(9,10)11/h1,24-26,28H,13-23H2,2-11H3,(H,37,44)(H,38,43)(H2,39,40,46)/t24?,25?,26-,28+/m0/s1. The monoisotopic (exact) mass is 707 g/mol. The maximum Gasteiger partial charge on any atom is 0.315 e. The molecular formula is C36H61N5O7S. The second kappa shape index (κ2) is 16.3. The molecule has 49 heavy (non-hydrogen) atoms. The van der Waals surface area contributed by atoms with Crippen molar-refractivity contribution >= 4 is 39.4 Å². The number of rotatable bonds is 12. The number of Topliss-reactive ketones (excluding diaryl/α,β-unsaturated/α-hetero) is 1. The Labute approximate surface area is 294 Å². The quantitative estimate of drug-likeness (QED) is 0.178. The Hall–Kier alpha value is -3.14. The van der Waals surface area contributed by atoms with Gasteiger partial charge in [-0.2, -0.15) is 0 Å². The molecule has 1 aliphatic heterocycles. The number of terminal acetylenes is 1. The Bertz CT molecular complexity index is 1380. The molecule has 1 saturated heterocycles. The van der Waals surface area contributed by atoms with Crippen LogP contribution in [0.3, 0.4) is 0 Å². The third-order valence-corrected chi connectivity index (χ3v) is 12.6. The van der Waals surface area contributed by atoms with Gasteiger partial charge in [0.15, 0.2) is 9.84 Å². The van der Waals surface area contributed by atoms with Crippen molar-refractivity contribution in [3.05, 3.63) is 0 Å². The number of ketones is 1. The van der Waals surface area contributed by atoms with Crippen LogP contribution in [0, 0.1) is 29.1 Å². The van der Waals surface area contributed by atoms with Crippen molar-refractivity contribution in [1.82, 2.24) is 26.2 Å². The van der Waals surface area contributed by atoms with Crippen LogP contribution < -0.4 is 21.3 Å². The minimum atomic E-state index is -3.58. The Balaban J connectivity index is 2.43. The maximum absolute atomic E-state index is 14.5. The molecular weight excluding hydrogens is 646 g/mol. The second-order valence-electron chi connectivity index (χ2n) is 16.9. The van der Waals surface area contributed by atoms with Crippen LogP contribution in [0.1, 0.15) is 121 Å². The predicted octanol–water partition coefficient (Wildman–Crippen LogP) is 3.48. The molecule has 4 N–H and O–H groups in total. The van der Waals surface area contributed by atoms with Gasteiger partial charge in [-0.15, -0.1) is 12.3 Å². The highest BCUT2D eigenvalue weighted by molar-refractivity contribution is 7.92. The molecule has 13 heteroatoms. The first-order valence-corrected chi connectivity index (χ1v) is 19.2. The molecule has 1 saturated carbocycles. The lowest BCUT2D eigenvalue weighted by Crippen LogP contribution is -2.64. The zero-order valence-electron chi connectivity index (χ0n) is 31.4. The minimum absolute atomic E-state index is 0.0537. The SMILES string of the molecule is C#CCCC(NC(=O)[C@@H]1C(C(C)(C)C)CCN1C(=O)[C@@H](NC(=O)NC1(CS(=O)(=O)C(C)(C)C)CCCCC1)C(C)(C)C)C(=O)C(=O)NCC. The number of carbonyl (C=O) groups excluding carboxylic acids is 5. The van der Waals surface area contributed by atoms with Gasteiger partial charge in [0.25, 0.3) is 5.91 Å². The van der Waals surface area contributed by atoms with E-state index < -0.39 is 78.6 Å². The number of nitrogens with zero attached hydrogens (tertiary/aromatic N) is 1. The molecule has 0 spiro atoms. The Morgan fingerprint density at radius 1 is 0.939 bits per heavy atom. The molecule has 0 aromatic rings. The number of amides is 5. The Morgan fingerprint density at radius 3 is 2.02 bits per heavy atom. The molecule has 5 amide bonds. The number of carbonyl (C=O) groups is 5. The van der Waals surface area contributed by atoms with E-state index in [0.29, 0.717) is 19.3 Å². The third-order valence-electron chi connectivity index (χ3n) is 9.81. The topological polar surface area (TPSA) is 171 Å². The van der Waals surface area contributed by atoms with Gasteiger partial charge in [0.1, 0.15) is 12.1 Å². The van der Waals surface area contributed by atoms with Crippen LogP contribution in [0.25, 0.3) is 0 Å². The summed E-state index contributed by atoms with van der Waals surface area (Å²) in [7, 11) is -3.58. The van der Waals surface area contributed by atoms with Gasteiger partial charge in [0.05, 0.1) is 22.1 Å². The van der Waals surface area contributed by atoms with Gasteiger partial charge >= 0.3 is 6.03 Å². The van der Waals surface area contributed by atoms with Gasteiger partial charge in [-0.05, 0) is 70.1 Å². The zero-order chi connectivity index (χ0) is 37.6. The smallest absolute Gasteiger partial charge is 0.315 e. The van der Waals surface area contributed by atoms with Crippen molar-refractivity contribution < 1.29 is 32.4 Å². The van der Waals surface area contributed by atoms with Gasteiger partial charge < -0.3 is 26.2 Å². The molecule has 0 bridgehead atoms. The van der Waals surface area contributed by atoms with Crippen LogP contribution in [0.5, 0.6) is 0 Å². The first-order valence-electron chi connectivity index (χ1n) is 17.6. The van der Waals surface area contributed by atoms with Crippen LogP contribution in [0.2, 0.25) is 0 Å². The average molecular weight is 708 g/mol. The number of likely N-dealkylation sites (N-methyl/N-ethyl adjacent to an activating group) is 1. The minimum Gasteiger partial charge on any atom is -0.350 e. The molecule has 1 heterocycles. The number of urea groups is 1. The molecule has 0 aromatic heterocycles. The second-order valence-corrected chi connectivity index (χ2v) is 19.6. The molecule has 2 rings (SSSR count). The fraction of sp³-hybridized carbons (Fsp3) is 0.806. The number of sulfone groups is 1. The van der Waals surface area contributed by atoms with Crippen molar-refractivity contribution in [3.8, 4) is 12.3 Å². The van der Waals surface area contributed by atoms with E-state index in [1.54, 1.807) is 27.7 Å². The van der Waals surface area contributed by atoms with E-state index in [2.05, 4.69) is 27.2 Å². The van der Waals surface area contributed by atoms with E-state index in [1.165, 1.54) is 4.90 Å². The molecule has 278 valence electrons. The predicted molar refractivity (Wildman–Crippen MR) is 191 cm³/mol. The van der Waals surface area contributed by atoms with Gasteiger partial charge in [0.2, 0.25) is 17.6 Å². The Morgan fingerprint density at radius 2 is 1.53 bits per heavy atom.